The molecule has 8 nitrogen and oxygen atoms in total. The molecule has 120 valence electrons. The number of aromatic nitrogens is 4. The van der Waals surface area contributed by atoms with Crippen LogP contribution in [0.25, 0.3) is 11.2 Å². The molecule has 0 fully saturated rings. The van der Waals surface area contributed by atoms with Crippen molar-refractivity contribution in [1.29, 1.82) is 0 Å². The number of hydrogen-bond acceptors (Lipinski definition) is 6. The van der Waals surface area contributed by atoms with Gasteiger partial charge in [0.1, 0.15) is 0 Å². The number of aromatic amines is 1. The predicted octanol–water partition coefficient (Wildman–Crippen LogP) is -0.544. The first-order valence-corrected chi connectivity index (χ1v) is 7.96. The van der Waals surface area contributed by atoms with Gasteiger partial charge in [0.15, 0.2) is 16.3 Å². The second-order valence-corrected chi connectivity index (χ2v) is 5.85. The van der Waals surface area contributed by atoms with E-state index in [1.807, 2.05) is 0 Å². The van der Waals surface area contributed by atoms with E-state index in [2.05, 4.69) is 16.9 Å². The lowest BCUT2D eigenvalue weighted by atomic mass is 10.2. The third kappa shape index (κ3) is 3.24. The predicted molar refractivity (Wildman–Crippen MR) is 80.9 cm³/mol. The maximum atomic E-state index is 12.1. The maximum absolute atomic E-state index is 12.1. The van der Waals surface area contributed by atoms with Crippen LogP contribution < -0.4 is 16.4 Å². The molecule has 0 aromatic carbocycles. The topological polar surface area (TPSA) is 113 Å². The van der Waals surface area contributed by atoms with Crippen LogP contribution in [0.3, 0.4) is 0 Å². The summed E-state index contributed by atoms with van der Waals surface area (Å²) in [6.45, 7) is 2.61. The molecule has 0 atom stereocenters. The van der Waals surface area contributed by atoms with Gasteiger partial charge in [-0.05, 0) is 6.42 Å². The molecule has 0 aliphatic carbocycles. The summed E-state index contributed by atoms with van der Waals surface area (Å²) < 4.78 is 2.92. The fourth-order valence-electron chi connectivity index (χ4n) is 2.18. The van der Waals surface area contributed by atoms with Gasteiger partial charge in [0.2, 0.25) is 0 Å². The van der Waals surface area contributed by atoms with Crippen LogP contribution in [0.5, 0.6) is 0 Å². The van der Waals surface area contributed by atoms with E-state index in [0.29, 0.717) is 17.2 Å². The van der Waals surface area contributed by atoms with Crippen LogP contribution in [0, 0.1) is 0 Å². The molecule has 0 radical (unpaired) electrons. The van der Waals surface area contributed by atoms with Crippen molar-refractivity contribution in [3.63, 3.8) is 0 Å². The summed E-state index contributed by atoms with van der Waals surface area (Å²) in [6, 6.07) is 0. The first-order chi connectivity index (χ1) is 10.5. The van der Waals surface area contributed by atoms with Crippen LogP contribution in [0.4, 0.5) is 0 Å². The van der Waals surface area contributed by atoms with E-state index in [1.54, 1.807) is 4.57 Å². The van der Waals surface area contributed by atoms with Gasteiger partial charge in [0.05, 0.1) is 5.97 Å². The van der Waals surface area contributed by atoms with Gasteiger partial charge in [-0.3, -0.25) is 14.3 Å². The molecule has 0 amide bonds. The lowest BCUT2D eigenvalue weighted by Gasteiger charge is -2.08. The van der Waals surface area contributed by atoms with Crippen molar-refractivity contribution in [1.82, 2.24) is 19.1 Å². The third-order valence-electron chi connectivity index (χ3n) is 3.28. The zero-order valence-corrected chi connectivity index (χ0v) is 13.2. The minimum Gasteiger partial charge on any atom is -0.549 e. The monoisotopic (exact) mass is 325 g/mol. The molecule has 0 aliphatic heterocycles. The highest BCUT2D eigenvalue weighted by Gasteiger charge is 2.17. The summed E-state index contributed by atoms with van der Waals surface area (Å²) in [5.74, 6) is -1.47. The highest BCUT2D eigenvalue weighted by molar-refractivity contribution is 7.99. The second kappa shape index (κ2) is 6.82. The number of carboxylic acids is 1. The molecule has 2 rings (SSSR count). The average molecular weight is 325 g/mol. The molecular formula is C13H17N4O4S-. The Morgan fingerprint density at radius 2 is 2.09 bits per heavy atom. The van der Waals surface area contributed by atoms with Gasteiger partial charge in [-0.2, -0.15) is 0 Å². The smallest absolute Gasteiger partial charge is 0.329 e. The fourth-order valence-corrected chi connectivity index (χ4v) is 2.91. The van der Waals surface area contributed by atoms with E-state index in [9.17, 15) is 19.5 Å². The van der Waals surface area contributed by atoms with Crippen molar-refractivity contribution in [3.8, 4) is 0 Å². The molecule has 0 unspecified atom stereocenters. The number of carboxylic acid groups (broad SMARTS) is 1. The Hall–Kier alpha value is -2.03. The molecule has 22 heavy (non-hydrogen) atoms. The number of aryl methyl sites for hydroxylation is 2. The van der Waals surface area contributed by atoms with Crippen molar-refractivity contribution in [2.45, 2.75) is 37.9 Å². The van der Waals surface area contributed by atoms with E-state index in [0.717, 1.165) is 31.0 Å². The molecule has 0 aliphatic rings. The Morgan fingerprint density at radius 3 is 2.73 bits per heavy atom. The van der Waals surface area contributed by atoms with Crippen LogP contribution in [-0.4, -0.2) is 30.8 Å². The van der Waals surface area contributed by atoms with E-state index in [-0.39, 0.29) is 11.4 Å². The number of fused-ring (bicyclic) bond motifs is 1. The zero-order chi connectivity index (χ0) is 16.3. The fraction of sp³-hybridized carbons (Fsp3) is 0.538. The van der Waals surface area contributed by atoms with Crippen LogP contribution in [-0.2, 0) is 18.4 Å². The maximum Gasteiger partial charge on any atom is 0.329 e. The number of imidazole rings is 1. The van der Waals surface area contributed by atoms with E-state index in [4.69, 9.17) is 0 Å². The Kier molecular flexibility index (Phi) is 5.07. The Labute approximate surface area is 130 Å². The number of rotatable bonds is 7. The summed E-state index contributed by atoms with van der Waals surface area (Å²) in [5, 5.41) is 11.1. The van der Waals surface area contributed by atoms with Crippen molar-refractivity contribution in [2.24, 2.45) is 7.05 Å². The van der Waals surface area contributed by atoms with Gasteiger partial charge in [0, 0.05) is 19.3 Å². The van der Waals surface area contributed by atoms with E-state index in [1.165, 1.54) is 11.6 Å². The standard InChI is InChI=1S/C13H18N4O4S/c1-3-4-5-6-17-9-10(14-13(17)22-7-8(18)19)16(2)12(21)15-11(9)20/h3-7H2,1-2H3,(H,18,19)(H,15,20,21)/p-1. The van der Waals surface area contributed by atoms with Crippen molar-refractivity contribution in [2.75, 3.05) is 5.75 Å². The number of carbonyl (C=O) groups excluding carboxylic acids is 1. The number of nitrogens with zero attached hydrogens (tertiary/aromatic N) is 3. The van der Waals surface area contributed by atoms with Gasteiger partial charge in [-0.15, -0.1) is 0 Å². The van der Waals surface area contributed by atoms with E-state index < -0.39 is 17.2 Å². The van der Waals surface area contributed by atoms with Gasteiger partial charge in [0.25, 0.3) is 5.56 Å². The summed E-state index contributed by atoms with van der Waals surface area (Å²) in [5.41, 5.74) is -0.514. The lowest BCUT2D eigenvalue weighted by molar-refractivity contribution is -0.301. The lowest BCUT2D eigenvalue weighted by Crippen LogP contribution is -2.29. The third-order valence-corrected chi connectivity index (χ3v) is 4.23. The first-order valence-electron chi connectivity index (χ1n) is 6.98. The van der Waals surface area contributed by atoms with Crippen molar-refractivity contribution in [3.05, 3.63) is 20.8 Å². The van der Waals surface area contributed by atoms with Crippen LogP contribution in [0.2, 0.25) is 0 Å². The van der Waals surface area contributed by atoms with Gasteiger partial charge < -0.3 is 14.5 Å². The van der Waals surface area contributed by atoms with Gasteiger partial charge >= 0.3 is 5.69 Å². The number of hydrogen-bond donors (Lipinski definition) is 1. The summed E-state index contributed by atoms with van der Waals surface area (Å²) in [7, 11) is 1.51. The Morgan fingerprint density at radius 1 is 1.36 bits per heavy atom. The molecule has 9 heteroatoms. The number of aliphatic carboxylic acids is 1. The van der Waals surface area contributed by atoms with Crippen LogP contribution in [0.1, 0.15) is 26.2 Å². The minimum atomic E-state index is -1.21. The molecule has 0 spiro atoms. The van der Waals surface area contributed by atoms with Gasteiger partial charge in [-0.25, -0.2) is 9.78 Å². The molecule has 2 aromatic rings. The number of thioether (sulfide) groups is 1. The Bertz CT molecular complexity index is 805. The molecule has 2 aromatic heterocycles. The highest BCUT2D eigenvalue weighted by atomic mass is 32.2. The largest absolute Gasteiger partial charge is 0.549 e. The summed E-state index contributed by atoms with van der Waals surface area (Å²) in [4.78, 5) is 40.9. The number of unbranched alkanes of at least 4 members (excludes halogenated alkanes) is 2. The molecule has 2 heterocycles. The normalized spacial score (nSPS) is 11.2. The summed E-state index contributed by atoms with van der Waals surface area (Å²) >= 11 is 0.984. The van der Waals surface area contributed by atoms with Crippen LogP contribution >= 0.6 is 11.8 Å². The first kappa shape index (κ1) is 16.3. The molecule has 0 saturated carbocycles. The molecule has 1 N–H and O–H groups in total. The van der Waals surface area contributed by atoms with Crippen molar-refractivity contribution < 1.29 is 9.90 Å². The van der Waals surface area contributed by atoms with Gasteiger partial charge in [-0.1, -0.05) is 31.5 Å². The summed E-state index contributed by atoms with van der Waals surface area (Å²) in [6.07, 6.45) is 2.83. The Balaban J connectivity index is 2.56. The quantitative estimate of drug-likeness (QED) is 0.540. The second-order valence-electron chi connectivity index (χ2n) is 4.90. The average Bonchev–Trinajstić information content (AvgIpc) is 2.82. The van der Waals surface area contributed by atoms with Crippen molar-refractivity contribution >= 4 is 28.9 Å². The zero-order valence-electron chi connectivity index (χ0n) is 12.4. The number of nitrogens with one attached hydrogen (secondary N) is 1. The molecular weight excluding hydrogens is 308 g/mol. The highest BCUT2D eigenvalue weighted by Crippen LogP contribution is 2.21. The number of H-pyrrole nitrogens is 1. The SMILES string of the molecule is CCCCCn1c(SCC(=O)[O-])nc2c1c(=O)[nH]c(=O)n2C. The van der Waals surface area contributed by atoms with E-state index >= 15 is 0 Å². The number of carbonyl (C=O) groups is 1. The minimum absolute atomic E-state index is 0.256. The molecule has 0 saturated heterocycles. The van der Waals surface area contributed by atoms with Crippen LogP contribution in [0.15, 0.2) is 14.7 Å². The molecule has 0 bridgehead atoms.